The van der Waals surface area contributed by atoms with Crippen LogP contribution in [0.15, 0.2) is 30.9 Å². The van der Waals surface area contributed by atoms with Crippen molar-refractivity contribution in [3.63, 3.8) is 0 Å². The molecule has 0 aromatic heterocycles. The van der Waals surface area contributed by atoms with Crippen LogP contribution in [0.3, 0.4) is 0 Å². The van der Waals surface area contributed by atoms with Crippen molar-refractivity contribution in [2.24, 2.45) is 0 Å². The van der Waals surface area contributed by atoms with Crippen molar-refractivity contribution >= 4 is 5.97 Å². The minimum absolute atomic E-state index is 0.349. The Morgan fingerprint density at radius 3 is 2.89 bits per heavy atom. The lowest BCUT2D eigenvalue weighted by molar-refractivity contribution is -0.143. The van der Waals surface area contributed by atoms with E-state index in [1.54, 1.807) is 18.2 Å². The molecule has 0 saturated carbocycles. The molecule has 0 amide bonds. The molecule has 19 heavy (non-hydrogen) atoms. The first-order chi connectivity index (χ1) is 9.26. The molecule has 0 spiro atoms. The van der Waals surface area contributed by atoms with Crippen LogP contribution >= 0.6 is 0 Å². The Kier molecular flexibility index (Phi) is 4.41. The molecule has 1 atom stereocenters. The Labute approximate surface area is 112 Å². The highest BCUT2D eigenvalue weighted by Crippen LogP contribution is 2.32. The molecule has 1 aliphatic heterocycles. The van der Waals surface area contributed by atoms with E-state index in [-0.39, 0.29) is 5.97 Å². The Balaban J connectivity index is 2.25. The summed E-state index contributed by atoms with van der Waals surface area (Å²) >= 11 is 0. The number of esters is 1. The topological polar surface area (TPSA) is 56.8 Å². The van der Waals surface area contributed by atoms with Crippen LogP contribution in [-0.4, -0.2) is 32.8 Å². The number of fused-ring (bicyclic) bond motifs is 1. The van der Waals surface area contributed by atoms with E-state index in [9.17, 15) is 4.79 Å². The van der Waals surface area contributed by atoms with Gasteiger partial charge in [0.2, 0.25) is 0 Å². The van der Waals surface area contributed by atoms with Gasteiger partial charge in [0, 0.05) is 6.54 Å². The average molecular weight is 263 g/mol. The van der Waals surface area contributed by atoms with E-state index in [1.165, 1.54) is 7.11 Å². The van der Waals surface area contributed by atoms with Crippen molar-refractivity contribution in [3.8, 4) is 11.5 Å². The van der Waals surface area contributed by atoms with Gasteiger partial charge in [-0.25, -0.2) is 4.79 Å². The molecule has 1 heterocycles. The Morgan fingerprint density at radius 2 is 2.21 bits per heavy atom. The van der Waals surface area contributed by atoms with Gasteiger partial charge in [0.1, 0.15) is 19.3 Å². The summed E-state index contributed by atoms with van der Waals surface area (Å²) in [6.07, 6.45) is 1.69. The van der Waals surface area contributed by atoms with Crippen LogP contribution in [0.4, 0.5) is 0 Å². The van der Waals surface area contributed by atoms with Crippen LogP contribution in [0.1, 0.15) is 11.6 Å². The zero-order chi connectivity index (χ0) is 13.7. The second-order valence-corrected chi connectivity index (χ2v) is 4.06. The molecule has 0 radical (unpaired) electrons. The van der Waals surface area contributed by atoms with E-state index < -0.39 is 6.04 Å². The van der Waals surface area contributed by atoms with Crippen molar-refractivity contribution in [1.29, 1.82) is 0 Å². The monoisotopic (exact) mass is 263 g/mol. The SMILES string of the molecule is C=CCNC(C(=O)OC)c1ccc2c(c1)OCCO2. The maximum Gasteiger partial charge on any atom is 0.327 e. The van der Waals surface area contributed by atoms with Gasteiger partial charge in [-0.2, -0.15) is 0 Å². The molecule has 1 aromatic carbocycles. The van der Waals surface area contributed by atoms with Gasteiger partial charge in [0.05, 0.1) is 7.11 Å². The Bertz CT molecular complexity index is 473. The van der Waals surface area contributed by atoms with Crippen LogP contribution in [0, 0.1) is 0 Å². The van der Waals surface area contributed by atoms with Gasteiger partial charge in [-0.3, -0.25) is 5.32 Å². The van der Waals surface area contributed by atoms with Crippen LogP contribution in [-0.2, 0) is 9.53 Å². The third-order valence-electron chi connectivity index (χ3n) is 2.80. The lowest BCUT2D eigenvalue weighted by atomic mass is 10.1. The average Bonchev–Trinajstić information content (AvgIpc) is 2.47. The lowest BCUT2D eigenvalue weighted by Crippen LogP contribution is -2.30. The molecular weight excluding hydrogens is 246 g/mol. The summed E-state index contributed by atoms with van der Waals surface area (Å²) in [6, 6.07) is 4.88. The molecule has 0 bridgehead atoms. The van der Waals surface area contributed by atoms with Crippen molar-refractivity contribution in [1.82, 2.24) is 5.32 Å². The zero-order valence-electron chi connectivity index (χ0n) is 10.8. The fourth-order valence-corrected chi connectivity index (χ4v) is 1.90. The molecule has 5 nitrogen and oxygen atoms in total. The number of hydrogen-bond donors (Lipinski definition) is 1. The normalized spacial score (nSPS) is 14.6. The fraction of sp³-hybridized carbons (Fsp3) is 0.357. The maximum absolute atomic E-state index is 11.8. The fourth-order valence-electron chi connectivity index (χ4n) is 1.90. The van der Waals surface area contributed by atoms with Crippen LogP contribution in [0.25, 0.3) is 0 Å². The highest BCUT2D eigenvalue weighted by molar-refractivity contribution is 5.78. The number of rotatable bonds is 5. The van der Waals surface area contributed by atoms with Crippen LogP contribution in [0.2, 0.25) is 0 Å². The molecule has 0 saturated heterocycles. The first-order valence-electron chi connectivity index (χ1n) is 6.08. The third-order valence-corrected chi connectivity index (χ3v) is 2.80. The largest absolute Gasteiger partial charge is 0.486 e. The summed E-state index contributed by atoms with van der Waals surface area (Å²) in [5.41, 5.74) is 0.776. The van der Waals surface area contributed by atoms with Gasteiger partial charge in [0.25, 0.3) is 0 Å². The van der Waals surface area contributed by atoms with Crippen LogP contribution in [0.5, 0.6) is 11.5 Å². The lowest BCUT2D eigenvalue weighted by Gasteiger charge is -2.21. The van der Waals surface area contributed by atoms with E-state index in [4.69, 9.17) is 14.2 Å². The predicted molar refractivity (Wildman–Crippen MR) is 70.4 cm³/mol. The molecular formula is C14H17NO4. The third kappa shape index (κ3) is 3.06. The molecule has 1 aromatic rings. The predicted octanol–water partition coefficient (Wildman–Crippen LogP) is 1.45. The standard InChI is InChI=1S/C14H17NO4/c1-3-6-15-13(14(16)17-2)10-4-5-11-12(9-10)19-8-7-18-11/h3-5,9,13,15H,1,6-8H2,2H3. The van der Waals surface area contributed by atoms with Crippen molar-refractivity contribution in [3.05, 3.63) is 36.4 Å². The maximum atomic E-state index is 11.8. The highest BCUT2D eigenvalue weighted by Gasteiger charge is 2.22. The molecule has 102 valence electrons. The summed E-state index contributed by atoms with van der Waals surface area (Å²) in [5.74, 6) is 0.999. The Morgan fingerprint density at radius 1 is 1.47 bits per heavy atom. The van der Waals surface area contributed by atoms with E-state index in [0.29, 0.717) is 31.3 Å². The second-order valence-electron chi connectivity index (χ2n) is 4.06. The smallest absolute Gasteiger partial charge is 0.327 e. The van der Waals surface area contributed by atoms with E-state index in [1.807, 2.05) is 6.07 Å². The van der Waals surface area contributed by atoms with Gasteiger partial charge in [-0.15, -0.1) is 6.58 Å². The minimum Gasteiger partial charge on any atom is -0.486 e. The summed E-state index contributed by atoms with van der Waals surface area (Å²) in [5, 5.41) is 3.05. The summed E-state index contributed by atoms with van der Waals surface area (Å²) in [4.78, 5) is 11.8. The molecule has 1 aliphatic rings. The van der Waals surface area contributed by atoms with E-state index in [2.05, 4.69) is 11.9 Å². The molecule has 5 heteroatoms. The van der Waals surface area contributed by atoms with Crippen LogP contribution < -0.4 is 14.8 Å². The second kappa shape index (κ2) is 6.24. The van der Waals surface area contributed by atoms with Gasteiger partial charge in [-0.05, 0) is 17.7 Å². The van der Waals surface area contributed by atoms with Gasteiger partial charge < -0.3 is 14.2 Å². The number of carbonyl (C=O) groups excluding carboxylic acids is 1. The molecule has 2 rings (SSSR count). The van der Waals surface area contributed by atoms with Crippen molar-refractivity contribution in [2.75, 3.05) is 26.9 Å². The summed E-state index contributed by atoms with van der Waals surface area (Å²) < 4.78 is 15.8. The summed E-state index contributed by atoms with van der Waals surface area (Å²) in [6.45, 7) is 5.19. The Hall–Kier alpha value is -2.01. The molecule has 0 aliphatic carbocycles. The number of methoxy groups -OCH3 is 1. The first-order valence-corrected chi connectivity index (χ1v) is 6.08. The molecule has 1 N–H and O–H groups in total. The number of nitrogens with one attached hydrogen (secondary N) is 1. The quantitative estimate of drug-likeness (QED) is 0.643. The number of ether oxygens (including phenoxy) is 3. The molecule has 0 fully saturated rings. The van der Waals surface area contributed by atoms with E-state index in [0.717, 1.165) is 5.56 Å². The highest BCUT2D eigenvalue weighted by atomic mass is 16.6. The number of benzene rings is 1. The minimum atomic E-state index is -0.543. The van der Waals surface area contributed by atoms with Gasteiger partial charge in [0.15, 0.2) is 11.5 Å². The number of hydrogen-bond acceptors (Lipinski definition) is 5. The van der Waals surface area contributed by atoms with E-state index >= 15 is 0 Å². The first kappa shape index (κ1) is 13.4. The zero-order valence-corrected chi connectivity index (χ0v) is 10.8. The summed E-state index contributed by atoms with van der Waals surface area (Å²) in [7, 11) is 1.36. The van der Waals surface area contributed by atoms with Crippen molar-refractivity contribution in [2.45, 2.75) is 6.04 Å². The van der Waals surface area contributed by atoms with Gasteiger partial charge in [-0.1, -0.05) is 12.1 Å². The number of carbonyl (C=O) groups is 1. The van der Waals surface area contributed by atoms with Gasteiger partial charge >= 0.3 is 5.97 Å². The van der Waals surface area contributed by atoms with Crippen molar-refractivity contribution < 1.29 is 19.0 Å². The molecule has 1 unspecified atom stereocenters.